The minimum absolute atomic E-state index is 0.0343. The molecule has 0 aliphatic rings. The Bertz CT molecular complexity index is 510. The van der Waals surface area contributed by atoms with E-state index in [9.17, 15) is 0 Å². The first-order chi connectivity index (χ1) is 7.58. The van der Waals surface area contributed by atoms with E-state index in [4.69, 9.17) is 17.3 Å². The van der Waals surface area contributed by atoms with Crippen molar-refractivity contribution >= 4 is 38.9 Å². The van der Waals surface area contributed by atoms with Crippen LogP contribution in [0.25, 0.3) is 11.3 Å². The Labute approximate surface area is 112 Å². The van der Waals surface area contributed by atoms with Gasteiger partial charge >= 0.3 is 0 Å². The van der Waals surface area contributed by atoms with Gasteiger partial charge in [0.1, 0.15) is 5.01 Å². The Balaban J connectivity index is 2.42. The number of nitrogens with zero attached hydrogens (tertiary/aromatic N) is 1. The number of nitrogens with two attached hydrogens (primary N) is 1. The normalized spacial score (nSPS) is 12.8. The average Bonchev–Trinajstić information content (AvgIpc) is 2.66. The molecule has 1 heterocycles. The molecule has 1 unspecified atom stereocenters. The molecule has 0 radical (unpaired) electrons. The molecular formula is C11H10BrClN2S. The van der Waals surface area contributed by atoms with Crippen LogP contribution in [0.3, 0.4) is 0 Å². The predicted octanol–water partition coefficient (Wildman–Crippen LogP) is 4.25. The molecule has 0 amide bonds. The topological polar surface area (TPSA) is 38.9 Å². The Morgan fingerprint density at radius 3 is 2.81 bits per heavy atom. The zero-order valence-corrected chi connectivity index (χ0v) is 11.7. The summed E-state index contributed by atoms with van der Waals surface area (Å²) in [5, 5.41) is 3.60. The number of benzene rings is 1. The highest BCUT2D eigenvalue weighted by Crippen LogP contribution is 2.31. The zero-order valence-electron chi connectivity index (χ0n) is 8.58. The maximum atomic E-state index is 6.16. The molecule has 0 fully saturated rings. The third-order valence-electron chi connectivity index (χ3n) is 2.12. The van der Waals surface area contributed by atoms with Gasteiger partial charge in [-0.15, -0.1) is 11.3 Å². The highest BCUT2D eigenvalue weighted by Gasteiger charge is 2.10. The summed E-state index contributed by atoms with van der Waals surface area (Å²) in [5.74, 6) is 0. The first kappa shape index (κ1) is 12.0. The molecular weight excluding hydrogens is 308 g/mol. The van der Waals surface area contributed by atoms with E-state index in [0.717, 1.165) is 20.7 Å². The number of rotatable bonds is 2. The van der Waals surface area contributed by atoms with Crippen molar-refractivity contribution in [2.24, 2.45) is 5.73 Å². The van der Waals surface area contributed by atoms with Crippen molar-refractivity contribution in [3.05, 3.63) is 38.1 Å². The largest absolute Gasteiger partial charge is 0.322 e. The molecule has 2 N–H and O–H groups in total. The van der Waals surface area contributed by atoms with E-state index in [1.54, 1.807) is 11.3 Å². The summed E-state index contributed by atoms with van der Waals surface area (Å²) < 4.78 is 0.962. The van der Waals surface area contributed by atoms with Gasteiger partial charge in [-0.3, -0.25) is 0 Å². The Morgan fingerprint density at radius 2 is 2.25 bits per heavy atom. The molecule has 5 heteroatoms. The Morgan fingerprint density at radius 1 is 1.50 bits per heavy atom. The van der Waals surface area contributed by atoms with Crippen LogP contribution in [-0.2, 0) is 0 Å². The van der Waals surface area contributed by atoms with Gasteiger partial charge in [0, 0.05) is 15.4 Å². The number of thiazole rings is 1. The van der Waals surface area contributed by atoms with Crippen molar-refractivity contribution in [2.75, 3.05) is 0 Å². The molecule has 2 nitrogen and oxygen atoms in total. The van der Waals surface area contributed by atoms with Gasteiger partial charge in [-0.05, 0) is 19.1 Å². The summed E-state index contributed by atoms with van der Waals surface area (Å²) in [4.78, 5) is 4.46. The maximum absolute atomic E-state index is 6.16. The summed E-state index contributed by atoms with van der Waals surface area (Å²) in [5.41, 5.74) is 7.60. The number of halogens is 2. The minimum atomic E-state index is -0.0343. The van der Waals surface area contributed by atoms with Crippen LogP contribution in [0, 0.1) is 0 Å². The van der Waals surface area contributed by atoms with Gasteiger partial charge in [-0.25, -0.2) is 4.98 Å². The van der Waals surface area contributed by atoms with Crippen LogP contribution in [-0.4, -0.2) is 4.98 Å². The molecule has 2 aromatic rings. The van der Waals surface area contributed by atoms with Gasteiger partial charge < -0.3 is 5.73 Å². The lowest BCUT2D eigenvalue weighted by Crippen LogP contribution is -2.03. The third-order valence-corrected chi connectivity index (χ3v) is 3.97. The molecule has 0 aliphatic carbocycles. The van der Waals surface area contributed by atoms with Gasteiger partial charge in [0.2, 0.25) is 0 Å². The smallest absolute Gasteiger partial charge is 0.110 e. The maximum Gasteiger partial charge on any atom is 0.110 e. The molecule has 0 aliphatic heterocycles. The highest BCUT2D eigenvalue weighted by molar-refractivity contribution is 9.10. The second-order valence-corrected chi connectivity index (χ2v) is 5.70. The SMILES string of the molecule is CC(N)c1nc(-c2ccc(Br)cc2Cl)cs1. The van der Waals surface area contributed by atoms with Crippen LogP contribution in [0.1, 0.15) is 18.0 Å². The molecule has 0 saturated heterocycles. The average molecular weight is 318 g/mol. The molecule has 16 heavy (non-hydrogen) atoms. The molecule has 0 spiro atoms. The monoisotopic (exact) mass is 316 g/mol. The van der Waals surface area contributed by atoms with Crippen molar-refractivity contribution in [1.82, 2.24) is 4.98 Å². The van der Waals surface area contributed by atoms with Gasteiger partial charge in [0.25, 0.3) is 0 Å². The van der Waals surface area contributed by atoms with Crippen molar-refractivity contribution < 1.29 is 0 Å². The summed E-state index contributed by atoms with van der Waals surface area (Å²) in [6, 6.07) is 5.73. The first-order valence-electron chi connectivity index (χ1n) is 4.74. The molecule has 0 bridgehead atoms. The van der Waals surface area contributed by atoms with Crippen molar-refractivity contribution in [3.63, 3.8) is 0 Å². The van der Waals surface area contributed by atoms with E-state index in [0.29, 0.717) is 5.02 Å². The summed E-state index contributed by atoms with van der Waals surface area (Å²) in [7, 11) is 0. The number of hydrogen-bond acceptors (Lipinski definition) is 3. The Hall–Kier alpha value is -0.420. The molecule has 84 valence electrons. The standard InChI is InChI=1S/C11H10BrClN2S/c1-6(14)11-15-10(5-16-11)8-3-2-7(12)4-9(8)13/h2-6H,14H2,1H3. The quantitative estimate of drug-likeness (QED) is 0.899. The van der Waals surface area contributed by atoms with Crippen LogP contribution in [0.4, 0.5) is 0 Å². The van der Waals surface area contributed by atoms with E-state index < -0.39 is 0 Å². The molecule has 1 aromatic carbocycles. The van der Waals surface area contributed by atoms with Crippen molar-refractivity contribution in [2.45, 2.75) is 13.0 Å². The molecule has 1 aromatic heterocycles. The van der Waals surface area contributed by atoms with Gasteiger partial charge in [-0.1, -0.05) is 33.6 Å². The Kier molecular flexibility index (Phi) is 3.64. The first-order valence-corrected chi connectivity index (χ1v) is 6.79. The van der Waals surface area contributed by atoms with Crippen LogP contribution < -0.4 is 5.73 Å². The lowest BCUT2D eigenvalue weighted by atomic mass is 10.2. The van der Waals surface area contributed by atoms with Crippen LogP contribution in [0.2, 0.25) is 5.02 Å². The number of aromatic nitrogens is 1. The van der Waals surface area contributed by atoms with Crippen LogP contribution in [0.5, 0.6) is 0 Å². The van der Waals surface area contributed by atoms with E-state index >= 15 is 0 Å². The van der Waals surface area contributed by atoms with Gasteiger partial charge in [0.05, 0.1) is 16.8 Å². The number of hydrogen-bond donors (Lipinski definition) is 1. The second-order valence-electron chi connectivity index (χ2n) is 3.48. The van der Waals surface area contributed by atoms with Crippen molar-refractivity contribution in [3.8, 4) is 11.3 Å². The molecule has 2 rings (SSSR count). The minimum Gasteiger partial charge on any atom is -0.322 e. The van der Waals surface area contributed by atoms with E-state index in [2.05, 4.69) is 20.9 Å². The summed E-state index contributed by atoms with van der Waals surface area (Å²) >= 11 is 11.1. The van der Waals surface area contributed by atoms with Gasteiger partial charge in [-0.2, -0.15) is 0 Å². The van der Waals surface area contributed by atoms with E-state index in [1.807, 2.05) is 30.5 Å². The predicted molar refractivity (Wildman–Crippen MR) is 72.9 cm³/mol. The highest BCUT2D eigenvalue weighted by atomic mass is 79.9. The summed E-state index contributed by atoms with van der Waals surface area (Å²) in [6.45, 7) is 1.92. The third kappa shape index (κ3) is 2.46. The fourth-order valence-electron chi connectivity index (χ4n) is 1.32. The van der Waals surface area contributed by atoms with Crippen molar-refractivity contribution in [1.29, 1.82) is 0 Å². The van der Waals surface area contributed by atoms with Gasteiger partial charge in [0.15, 0.2) is 0 Å². The molecule has 1 atom stereocenters. The van der Waals surface area contributed by atoms with Crippen LogP contribution in [0.15, 0.2) is 28.1 Å². The van der Waals surface area contributed by atoms with Crippen LogP contribution >= 0.6 is 38.9 Å². The fraction of sp³-hybridized carbons (Fsp3) is 0.182. The lowest BCUT2D eigenvalue weighted by molar-refractivity contribution is 0.808. The second kappa shape index (κ2) is 4.84. The lowest BCUT2D eigenvalue weighted by Gasteiger charge is -2.01. The van der Waals surface area contributed by atoms with E-state index in [1.165, 1.54) is 0 Å². The summed E-state index contributed by atoms with van der Waals surface area (Å²) in [6.07, 6.45) is 0. The molecule has 0 saturated carbocycles. The fourth-order valence-corrected chi connectivity index (χ4v) is 2.87. The zero-order chi connectivity index (χ0) is 11.7. The van der Waals surface area contributed by atoms with E-state index in [-0.39, 0.29) is 6.04 Å².